The van der Waals surface area contributed by atoms with Crippen LogP contribution in [0.5, 0.6) is 0 Å². The van der Waals surface area contributed by atoms with Gasteiger partial charge in [-0.15, -0.1) is 23.1 Å². The Bertz CT molecular complexity index is 849. The topological polar surface area (TPSA) is 101 Å². The van der Waals surface area contributed by atoms with Crippen molar-refractivity contribution in [3.05, 3.63) is 46.3 Å². The highest BCUT2D eigenvalue weighted by Crippen LogP contribution is 2.37. The lowest BCUT2D eigenvalue weighted by Gasteiger charge is -2.11. The highest BCUT2D eigenvalue weighted by Gasteiger charge is 2.24. The minimum absolute atomic E-state index is 0.128. The highest BCUT2D eigenvalue weighted by molar-refractivity contribution is 8.00. The van der Waals surface area contributed by atoms with Crippen LogP contribution in [0.25, 0.3) is 0 Å². The zero-order valence-electron chi connectivity index (χ0n) is 14.7. The first-order chi connectivity index (χ1) is 13.0. The standard InChI is InChI=1S/C19H21N3O3S2/c20-18(25)17-13-8-4-5-9-14(13)27-19(17)22-16(24)11-26-10-15(23)21-12-6-2-1-3-7-12/h1-3,6-7H,4-5,8-11H2,(H2,20,25)(H,21,23)(H,22,24). The molecule has 1 aliphatic carbocycles. The second-order valence-corrected chi connectivity index (χ2v) is 8.33. The summed E-state index contributed by atoms with van der Waals surface area (Å²) in [6.07, 6.45) is 3.87. The summed E-state index contributed by atoms with van der Waals surface area (Å²) in [7, 11) is 0. The summed E-state index contributed by atoms with van der Waals surface area (Å²) in [5.74, 6) is -0.605. The zero-order valence-corrected chi connectivity index (χ0v) is 16.4. The van der Waals surface area contributed by atoms with E-state index in [-0.39, 0.29) is 23.3 Å². The van der Waals surface area contributed by atoms with E-state index in [1.54, 1.807) is 12.1 Å². The molecule has 4 N–H and O–H groups in total. The van der Waals surface area contributed by atoms with Gasteiger partial charge in [0.25, 0.3) is 5.91 Å². The summed E-state index contributed by atoms with van der Waals surface area (Å²) < 4.78 is 0. The number of thiophene rings is 1. The number of rotatable bonds is 7. The summed E-state index contributed by atoms with van der Waals surface area (Å²) in [6.45, 7) is 0. The summed E-state index contributed by atoms with van der Waals surface area (Å²) in [6, 6.07) is 9.16. The van der Waals surface area contributed by atoms with Crippen LogP contribution in [0.4, 0.5) is 10.7 Å². The molecule has 142 valence electrons. The van der Waals surface area contributed by atoms with Gasteiger partial charge < -0.3 is 16.4 Å². The fraction of sp³-hybridized carbons (Fsp3) is 0.316. The van der Waals surface area contributed by atoms with Gasteiger partial charge in [-0.3, -0.25) is 14.4 Å². The Morgan fingerprint density at radius 3 is 2.37 bits per heavy atom. The molecule has 8 heteroatoms. The number of thioether (sulfide) groups is 1. The molecule has 27 heavy (non-hydrogen) atoms. The molecule has 1 aliphatic rings. The second kappa shape index (κ2) is 9.05. The van der Waals surface area contributed by atoms with E-state index < -0.39 is 5.91 Å². The number of carbonyl (C=O) groups excluding carboxylic acids is 3. The van der Waals surface area contributed by atoms with Crippen molar-refractivity contribution in [3.8, 4) is 0 Å². The van der Waals surface area contributed by atoms with Crippen LogP contribution < -0.4 is 16.4 Å². The van der Waals surface area contributed by atoms with Crippen LogP contribution >= 0.6 is 23.1 Å². The molecule has 2 aromatic rings. The van der Waals surface area contributed by atoms with Gasteiger partial charge in [0, 0.05) is 10.6 Å². The van der Waals surface area contributed by atoms with Crippen molar-refractivity contribution in [3.63, 3.8) is 0 Å². The molecule has 0 atom stereocenters. The van der Waals surface area contributed by atoms with Gasteiger partial charge in [0.2, 0.25) is 11.8 Å². The van der Waals surface area contributed by atoms with Gasteiger partial charge in [0.05, 0.1) is 17.1 Å². The minimum atomic E-state index is -0.500. The normalized spacial score (nSPS) is 12.9. The molecule has 0 saturated carbocycles. The summed E-state index contributed by atoms with van der Waals surface area (Å²) >= 11 is 2.66. The van der Waals surface area contributed by atoms with Crippen molar-refractivity contribution in [2.45, 2.75) is 25.7 Å². The summed E-state index contributed by atoms with van der Waals surface area (Å²) in [5, 5.41) is 6.11. The SMILES string of the molecule is NC(=O)c1c(NC(=O)CSCC(=O)Nc2ccccc2)sc2c1CCCC2. The van der Waals surface area contributed by atoms with Gasteiger partial charge in [-0.25, -0.2) is 0 Å². The Morgan fingerprint density at radius 1 is 1.00 bits per heavy atom. The van der Waals surface area contributed by atoms with Crippen molar-refractivity contribution in [2.75, 3.05) is 22.1 Å². The number of primary amides is 1. The van der Waals surface area contributed by atoms with E-state index in [4.69, 9.17) is 5.73 Å². The van der Waals surface area contributed by atoms with Crippen LogP contribution in [0.1, 0.15) is 33.6 Å². The monoisotopic (exact) mass is 403 g/mol. The maximum Gasteiger partial charge on any atom is 0.251 e. The zero-order chi connectivity index (χ0) is 19.2. The molecule has 0 spiro atoms. The van der Waals surface area contributed by atoms with Crippen molar-refractivity contribution in [2.24, 2.45) is 5.73 Å². The molecule has 0 saturated heterocycles. The maximum absolute atomic E-state index is 12.2. The Morgan fingerprint density at radius 2 is 1.67 bits per heavy atom. The van der Waals surface area contributed by atoms with E-state index in [1.165, 1.54) is 23.1 Å². The molecular formula is C19H21N3O3S2. The van der Waals surface area contributed by atoms with Gasteiger partial charge in [-0.2, -0.15) is 0 Å². The molecule has 0 fully saturated rings. The van der Waals surface area contributed by atoms with Crippen LogP contribution in [0.3, 0.4) is 0 Å². The van der Waals surface area contributed by atoms with Gasteiger partial charge in [-0.1, -0.05) is 18.2 Å². The number of aryl methyl sites for hydroxylation is 1. The fourth-order valence-electron chi connectivity index (χ4n) is 3.03. The van der Waals surface area contributed by atoms with Crippen molar-refractivity contribution < 1.29 is 14.4 Å². The van der Waals surface area contributed by atoms with Crippen LogP contribution in [0.2, 0.25) is 0 Å². The lowest BCUT2D eigenvalue weighted by molar-refractivity contribution is -0.114. The number of nitrogens with two attached hydrogens (primary N) is 1. The molecule has 0 bridgehead atoms. The van der Waals surface area contributed by atoms with Crippen LogP contribution in [-0.2, 0) is 22.4 Å². The van der Waals surface area contributed by atoms with E-state index in [9.17, 15) is 14.4 Å². The Hall–Kier alpha value is -2.32. The van der Waals surface area contributed by atoms with Gasteiger partial charge in [-0.05, 0) is 43.4 Å². The first-order valence-electron chi connectivity index (χ1n) is 8.71. The molecule has 0 unspecified atom stereocenters. The van der Waals surface area contributed by atoms with Crippen molar-refractivity contribution in [1.82, 2.24) is 0 Å². The number of carbonyl (C=O) groups is 3. The third kappa shape index (κ3) is 5.11. The average Bonchev–Trinajstić information content (AvgIpc) is 3.00. The molecule has 1 heterocycles. The lowest BCUT2D eigenvalue weighted by atomic mass is 9.95. The number of anilines is 2. The number of hydrogen-bond acceptors (Lipinski definition) is 5. The number of nitrogens with one attached hydrogen (secondary N) is 2. The molecule has 6 nitrogen and oxygen atoms in total. The highest BCUT2D eigenvalue weighted by atomic mass is 32.2. The van der Waals surface area contributed by atoms with E-state index in [1.807, 2.05) is 18.2 Å². The molecule has 1 aromatic heterocycles. The van der Waals surface area contributed by atoms with E-state index in [0.717, 1.165) is 41.8 Å². The smallest absolute Gasteiger partial charge is 0.251 e. The second-order valence-electron chi connectivity index (χ2n) is 6.23. The predicted molar refractivity (Wildman–Crippen MR) is 111 cm³/mol. The number of para-hydroxylation sites is 1. The molecule has 1 aromatic carbocycles. The fourth-order valence-corrected chi connectivity index (χ4v) is 4.96. The summed E-state index contributed by atoms with van der Waals surface area (Å²) in [5.41, 5.74) is 7.70. The first kappa shape index (κ1) is 19.4. The largest absolute Gasteiger partial charge is 0.365 e. The molecule has 0 aliphatic heterocycles. The lowest BCUT2D eigenvalue weighted by Crippen LogP contribution is -2.20. The Kier molecular flexibility index (Phi) is 6.52. The van der Waals surface area contributed by atoms with Gasteiger partial charge in [0.15, 0.2) is 0 Å². The Labute approximate surface area is 165 Å². The van der Waals surface area contributed by atoms with Gasteiger partial charge >= 0.3 is 0 Å². The van der Waals surface area contributed by atoms with Crippen molar-refractivity contribution >= 4 is 51.5 Å². The Balaban J connectivity index is 1.52. The number of benzene rings is 1. The first-order valence-corrected chi connectivity index (χ1v) is 10.7. The van der Waals surface area contributed by atoms with Crippen LogP contribution in [0.15, 0.2) is 30.3 Å². The van der Waals surface area contributed by atoms with Crippen LogP contribution in [0, 0.1) is 0 Å². The molecule has 0 radical (unpaired) electrons. The van der Waals surface area contributed by atoms with Crippen LogP contribution in [-0.4, -0.2) is 29.2 Å². The third-order valence-corrected chi connectivity index (χ3v) is 6.33. The predicted octanol–water partition coefficient (Wildman–Crippen LogP) is 3.04. The third-order valence-electron chi connectivity index (χ3n) is 4.19. The maximum atomic E-state index is 12.2. The van der Waals surface area contributed by atoms with E-state index >= 15 is 0 Å². The van der Waals surface area contributed by atoms with E-state index in [0.29, 0.717) is 10.6 Å². The number of hydrogen-bond donors (Lipinski definition) is 3. The average molecular weight is 404 g/mol. The molecule has 3 amide bonds. The molecular weight excluding hydrogens is 382 g/mol. The number of amides is 3. The number of fused-ring (bicyclic) bond motifs is 1. The van der Waals surface area contributed by atoms with Crippen molar-refractivity contribution in [1.29, 1.82) is 0 Å². The molecule has 3 rings (SSSR count). The quantitative estimate of drug-likeness (QED) is 0.661. The van der Waals surface area contributed by atoms with Gasteiger partial charge in [0.1, 0.15) is 5.00 Å². The van der Waals surface area contributed by atoms with E-state index in [2.05, 4.69) is 10.6 Å². The minimum Gasteiger partial charge on any atom is -0.365 e. The summed E-state index contributed by atoms with van der Waals surface area (Å²) in [4.78, 5) is 37.1.